The molecule has 3 rings (SSSR count). The van der Waals surface area contributed by atoms with Crippen LogP contribution in [0.15, 0.2) is 42.5 Å². The molecule has 0 fully saturated rings. The molecule has 1 heterocycles. The Morgan fingerprint density at radius 1 is 1.05 bits per heavy atom. The Morgan fingerprint density at radius 3 is 2.43 bits per heavy atom. The summed E-state index contributed by atoms with van der Waals surface area (Å²) in [6.07, 6.45) is 0.337. The molecule has 1 N–H and O–H groups in total. The van der Waals surface area contributed by atoms with E-state index in [1.807, 2.05) is 24.3 Å². The summed E-state index contributed by atoms with van der Waals surface area (Å²) < 4.78 is 27.2. The lowest BCUT2D eigenvalue weighted by Crippen LogP contribution is -2.42. The molecule has 1 aliphatic heterocycles. The normalized spacial score (nSPS) is 17.3. The standard InChI is InChI=1S/C17H15F2NO/c18-14-6-3-7-15(19)13(14)9-17(21)16-8-11-4-1-2-5-12(11)10-20-16/h1-7,16,20H,8-10H2. The van der Waals surface area contributed by atoms with Crippen molar-refractivity contribution in [2.24, 2.45) is 0 Å². The fraction of sp³-hybridized carbons (Fsp3) is 0.235. The molecule has 0 bridgehead atoms. The van der Waals surface area contributed by atoms with Crippen molar-refractivity contribution in [3.05, 3.63) is 70.8 Å². The Kier molecular flexibility index (Phi) is 3.80. The monoisotopic (exact) mass is 287 g/mol. The fourth-order valence-corrected chi connectivity index (χ4v) is 2.68. The van der Waals surface area contributed by atoms with E-state index in [0.29, 0.717) is 13.0 Å². The van der Waals surface area contributed by atoms with Crippen LogP contribution in [0, 0.1) is 11.6 Å². The first-order chi connectivity index (χ1) is 10.1. The Bertz CT molecular complexity index is 664. The third-order valence-corrected chi connectivity index (χ3v) is 3.88. The predicted molar refractivity (Wildman–Crippen MR) is 75.8 cm³/mol. The highest BCUT2D eigenvalue weighted by molar-refractivity contribution is 5.86. The van der Waals surface area contributed by atoms with E-state index in [0.717, 1.165) is 5.56 Å². The SMILES string of the molecule is O=C(Cc1c(F)cccc1F)C1Cc2ccccc2CN1. The van der Waals surface area contributed by atoms with Crippen molar-refractivity contribution < 1.29 is 13.6 Å². The first kappa shape index (κ1) is 13.9. The largest absolute Gasteiger partial charge is 0.303 e. The molecule has 1 unspecified atom stereocenters. The van der Waals surface area contributed by atoms with E-state index < -0.39 is 11.6 Å². The van der Waals surface area contributed by atoms with E-state index in [4.69, 9.17) is 0 Å². The van der Waals surface area contributed by atoms with Gasteiger partial charge in [-0.3, -0.25) is 4.79 Å². The summed E-state index contributed by atoms with van der Waals surface area (Å²) in [5.41, 5.74) is 2.13. The molecule has 0 saturated heterocycles. The molecule has 1 atom stereocenters. The van der Waals surface area contributed by atoms with Gasteiger partial charge in [0.15, 0.2) is 5.78 Å². The smallest absolute Gasteiger partial charge is 0.154 e. The maximum absolute atomic E-state index is 13.6. The molecule has 0 aliphatic carbocycles. The molecular formula is C17H15F2NO. The molecule has 2 nitrogen and oxygen atoms in total. The van der Waals surface area contributed by atoms with E-state index in [9.17, 15) is 13.6 Å². The van der Waals surface area contributed by atoms with Gasteiger partial charge < -0.3 is 5.32 Å². The van der Waals surface area contributed by atoms with Crippen molar-refractivity contribution in [1.82, 2.24) is 5.32 Å². The number of hydrogen-bond donors (Lipinski definition) is 1. The van der Waals surface area contributed by atoms with E-state index in [-0.39, 0.29) is 23.8 Å². The minimum absolute atomic E-state index is 0.150. The van der Waals surface area contributed by atoms with Gasteiger partial charge in [-0.25, -0.2) is 8.78 Å². The van der Waals surface area contributed by atoms with Gasteiger partial charge in [0, 0.05) is 18.5 Å². The Balaban J connectivity index is 1.76. The van der Waals surface area contributed by atoms with E-state index in [1.165, 1.54) is 23.8 Å². The lowest BCUT2D eigenvalue weighted by molar-refractivity contribution is -0.120. The number of Topliss-reactive ketones (excluding diaryl/α,β-unsaturated/α-hetero) is 1. The lowest BCUT2D eigenvalue weighted by atomic mass is 9.91. The van der Waals surface area contributed by atoms with Gasteiger partial charge in [-0.2, -0.15) is 0 Å². The highest BCUT2D eigenvalue weighted by atomic mass is 19.1. The Hall–Kier alpha value is -2.07. The zero-order valence-corrected chi connectivity index (χ0v) is 11.4. The maximum Gasteiger partial charge on any atom is 0.154 e. The third kappa shape index (κ3) is 2.85. The van der Waals surface area contributed by atoms with Crippen LogP contribution in [0.3, 0.4) is 0 Å². The van der Waals surface area contributed by atoms with Crippen LogP contribution in [0.25, 0.3) is 0 Å². The summed E-state index contributed by atoms with van der Waals surface area (Å²) in [4.78, 5) is 12.3. The van der Waals surface area contributed by atoms with Crippen molar-refractivity contribution in [3.8, 4) is 0 Å². The van der Waals surface area contributed by atoms with Gasteiger partial charge in [-0.05, 0) is 29.7 Å². The van der Waals surface area contributed by atoms with Gasteiger partial charge in [0.05, 0.1) is 6.04 Å². The number of fused-ring (bicyclic) bond motifs is 1. The number of carbonyl (C=O) groups excluding carboxylic acids is 1. The summed E-state index contributed by atoms with van der Waals surface area (Å²) in [6.45, 7) is 0.604. The van der Waals surface area contributed by atoms with Crippen LogP contribution in [0.5, 0.6) is 0 Å². The second kappa shape index (κ2) is 5.74. The summed E-state index contributed by atoms with van der Waals surface area (Å²) in [7, 11) is 0. The molecule has 4 heteroatoms. The van der Waals surface area contributed by atoms with Gasteiger partial charge >= 0.3 is 0 Å². The van der Waals surface area contributed by atoms with Crippen LogP contribution in [0.4, 0.5) is 8.78 Å². The zero-order valence-electron chi connectivity index (χ0n) is 11.4. The van der Waals surface area contributed by atoms with Gasteiger partial charge in [0.25, 0.3) is 0 Å². The molecule has 0 radical (unpaired) electrons. The molecule has 2 aromatic rings. The summed E-state index contributed by atoms with van der Waals surface area (Å²) in [5.74, 6) is -1.52. The van der Waals surface area contributed by atoms with Crippen LogP contribution < -0.4 is 5.32 Å². The quantitative estimate of drug-likeness (QED) is 0.940. The zero-order chi connectivity index (χ0) is 14.8. The number of carbonyl (C=O) groups is 1. The summed E-state index contributed by atoms with van der Waals surface area (Å²) >= 11 is 0. The van der Waals surface area contributed by atoms with Crippen LogP contribution in [-0.2, 0) is 24.2 Å². The molecule has 2 aromatic carbocycles. The number of halogens is 2. The van der Waals surface area contributed by atoms with Crippen LogP contribution >= 0.6 is 0 Å². The minimum Gasteiger partial charge on any atom is -0.303 e. The number of nitrogens with one attached hydrogen (secondary N) is 1. The van der Waals surface area contributed by atoms with Crippen LogP contribution in [0.2, 0.25) is 0 Å². The number of benzene rings is 2. The number of hydrogen-bond acceptors (Lipinski definition) is 2. The average Bonchev–Trinajstić information content (AvgIpc) is 2.50. The fourth-order valence-electron chi connectivity index (χ4n) is 2.68. The van der Waals surface area contributed by atoms with Crippen molar-refractivity contribution in [2.75, 3.05) is 0 Å². The maximum atomic E-state index is 13.6. The van der Waals surface area contributed by atoms with Gasteiger partial charge in [-0.15, -0.1) is 0 Å². The molecule has 0 aromatic heterocycles. The molecular weight excluding hydrogens is 272 g/mol. The minimum atomic E-state index is -0.667. The number of rotatable bonds is 3. The highest BCUT2D eigenvalue weighted by Gasteiger charge is 2.25. The second-order valence-electron chi connectivity index (χ2n) is 5.25. The lowest BCUT2D eigenvalue weighted by Gasteiger charge is -2.25. The summed E-state index contributed by atoms with van der Waals surface area (Å²) in [5, 5.41) is 3.14. The van der Waals surface area contributed by atoms with Gasteiger partial charge in [-0.1, -0.05) is 30.3 Å². The molecule has 0 spiro atoms. The Morgan fingerprint density at radius 2 is 1.71 bits per heavy atom. The van der Waals surface area contributed by atoms with Crippen molar-refractivity contribution in [1.29, 1.82) is 0 Å². The van der Waals surface area contributed by atoms with Crippen molar-refractivity contribution in [3.63, 3.8) is 0 Å². The summed E-state index contributed by atoms with van der Waals surface area (Å²) in [6, 6.07) is 11.1. The molecule has 108 valence electrons. The molecule has 0 amide bonds. The number of ketones is 1. The van der Waals surface area contributed by atoms with Crippen LogP contribution in [0.1, 0.15) is 16.7 Å². The van der Waals surface area contributed by atoms with E-state index >= 15 is 0 Å². The van der Waals surface area contributed by atoms with Gasteiger partial charge in [0.1, 0.15) is 11.6 Å². The molecule has 21 heavy (non-hydrogen) atoms. The average molecular weight is 287 g/mol. The topological polar surface area (TPSA) is 29.1 Å². The van der Waals surface area contributed by atoms with E-state index in [2.05, 4.69) is 5.32 Å². The molecule has 0 saturated carbocycles. The van der Waals surface area contributed by atoms with Crippen LogP contribution in [-0.4, -0.2) is 11.8 Å². The van der Waals surface area contributed by atoms with Crippen molar-refractivity contribution in [2.45, 2.75) is 25.4 Å². The van der Waals surface area contributed by atoms with Crippen molar-refractivity contribution >= 4 is 5.78 Å². The van der Waals surface area contributed by atoms with E-state index in [1.54, 1.807) is 0 Å². The van der Waals surface area contributed by atoms with Gasteiger partial charge in [0.2, 0.25) is 0 Å². The molecule has 1 aliphatic rings. The third-order valence-electron chi connectivity index (χ3n) is 3.88. The first-order valence-corrected chi connectivity index (χ1v) is 6.91. The Labute approximate surface area is 121 Å². The first-order valence-electron chi connectivity index (χ1n) is 6.91. The highest BCUT2D eigenvalue weighted by Crippen LogP contribution is 2.19. The predicted octanol–water partition coefficient (Wildman–Crippen LogP) is 2.79. The second-order valence-corrected chi connectivity index (χ2v) is 5.25.